The van der Waals surface area contributed by atoms with Crippen molar-refractivity contribution in [3.05, 3.63) is 71.7 Å². The Hall–Kier alpha value is -2.74. The van der Waals surface area contributed by atoms with Crippen LogP contribution in [0.2, 0.25) is 0 Å². The zero-order valence-corrected chi connectivity index (χ0v) is 17.2. The van der Waals surface area contributed by atoms with Crippen LogP contribution >= 0.6 is 0 Å². The van der Waals surface area contributed by atoms with Gasteiger partial charge in [0.15, 0.2) is 0 Å². The van der Waals surface area contributed by atoms with E-state index in [-0.39, 0.29) is 5.41 Å². The predicted octanol–water partition coefficient (Wildman–Crippen LogP) is 7.14. The Kier molecular flexibility index (Phi) is 3.62. The molecule has 1 fully saturated rings. The fourth-order valence-corrected chi connectivity index (χ4v) is 5.75. The van der Waals surface area contributed by atoms with Crippen molar-refractivity contribution in [3.8, 4) is 11.3 Å². The van der Waals surface area contributed by atoms with E-state index < -0.39 is 0 Å². The Bertz CT molecular complexity index is 1260. The molecule has 4 aromatic rings. The van der Waals surface area contributed by atoms with E-state index in [0.29, 0.717) is 5.92 Å². The minimum absolute atomic E-state index is 0.158. The van der Waals surface area contributed by atoms with Gasteiger partial charge in [0.1, 0.15) is 0 Å². The summed E-state index contributed by atoms with van der Waals surface area (Å²) < 4.78 is 0. The summed E-state index contributed by atoms with van der Waals surface area (Å²) in [5.41, 5.74) is 6.08. The lowest BCUT2D eigenvalue weighted by Gasteiger charge is -2.35. The average molecular weight is 379 g/mol. The average Bonchev–Trinajstić information content (AvgIpc) is 2.77. The van der Waals surface area contributed by atoms with Crippen molar-refractivity contribution in [2.24, 2.45) is 0 Å². The van der Waals surface area contributed by atoms with Gasteiger partial charge in [-0.05, 0) is 46.7 Å². The summed E-state index contributed by atoms with van der Waals surface area (Å²) in [6.45, 7) is 4.70. The quantitative estimate of drug-likeness (QED) is 0.352. The van der Waals surface area contributed by atoms with Crippen LogP contribution in [0.5, 0.6) is 0 Å². The predicted molar refractivity (Wildman–Crippen MR) is 120 cm³/mol. The fourth-order valence-electron chi connectivity index (χ4n) is 5.75. The molecule has 29 heavy (non-hydrogen) atoms. The van der Waals surface area contributed by atoms with Gasteiger partial charge in [-0.2, -0.15) is 0 Å². The number of aromatic nitrogens is 2. The van der Waals surface area contributed by atoms with Crippen molar-refractivity contribution in [1.82, 2.24) is 9.97 Å². The Balaban J connectivity index is 1.70. The van der Waals surface area contributed by atoms with Crippen LogP contribution in [0.25, 0.3) is 32.8 Å². The molecule has 0 amide bonds. The molecule has 2 nitrogen and oxygen atoms in total. The van der Waals surface area contributed by atoms with Crippen LogP contribution in [-0.4, -0.2) is 9.97 Å². The monoisotopic (exact) mass is 378 g/mol. The Morgan fingerprint density at radius 3 is 2.59 bits per heavy atom. The molecular formula is C27H26N2. The molecule has 0 spiro atoms. The zero-order chi connectivity index (χ0) is 19.6. The molecular weight excluding hydrogens is 352 g/mol. The summed E-state index contributed by atoms with van der Waals surface area (Å²) in [5, 5.41) is 5.16. The van der Waals surface area contributed by atoms with Crippen molar-refractivity contribution < 1.29 is 0 Å². The van der Waals surface area contributed by atoms with E-state index in [1.807, 2.05) is 6.20 Å². The number of hydrogen-bond donors (Lipinski definition) is 0. The van der Waals surface area contributed by atoms with Crippen LogP contribution in [0.4, 0.5) is 0 Å². The zero-order valence-electron chi connectivity index (χ0n) is 17.2. The van der Waals surface area contributed by atoms with Crippen molar-refractivity contribution in [2.45, 2.75) is 57.3 Å². The lowest BCUT2D eigenvalue weighted by Crippen LogP contribution is -2.27. The Labute approximate surface area is 172 Å². The normalized spacial score (nSPS) is 18.1. The molecule has 2 heteroatoms. The molecule has 0 radical (unpaired) electrons. The van der Waals surface area contributed by atoms with Crippen molar-refractivity contribution in [2.75, 3.05) is 0 Å². The van der Waals surface area contributed by atoms with Gasteiger partial charge < -0.3 is 0 Å². The van der Waals surface area contributed by atoms with Gasteiger partial charge >= 0.3 is 0 Å². The standard InChI is InChI=1S/C27H26N2/c1-27(2)24-20-11-7-6-8-17(20)12-13-21(24)25-23-19(14-15-28-25)16-22(29-26(23)27)18-9-4-3-5-10-18/h6-8,11-16,18H,3-5,9-10H2,1-2H3. The van der Waals surface area contributed by atoms with Gasteiger partial charge in [-0.25, -0.2) is 0 Å². The summed E-state index contributed by atoms with van der Waals surface area (Å²) in [5.74, 6) is 0.603. The third-order valence-corrected chi connectivity index (χ3v) is 7.19. The number of benzene rings is 2. The lowest BCUT2D eigenvalue weighted by atomic mass is 9.70. The third kappa shape index (κ3) is 2.41. The number of rotatable bonds is 1. The highest BCUT2D eigenvalue weighted by Gasteiger charge is 2.37. The maximum atomic E-state index is 5.37. The molecule has 0 aliphatic heterocycles. The summed E-state index contributed by atoms with van der Waals surface area (Å²) in [6, 6.07) is 17.8. The van der Waals surface area contributed by atoms with Crippen LogP contribution in [0.3, 0.4) is 0 Å². The van der Waals surface area contributed by atoms with E-state index in [1.54, 1.807) is 0 Å². The topological polar surface area (TPSA) is 25.8 Å². The minimum atomic E-state index is -0.158. The second-order valence-corrected chi connectivity index (χ2v) is 9.32. The third-order valence-electron chi connectivity index (χ3n) is 7.19. The molecule has 2 aromatic heterocycles. The summed E-state index contributed by atoms with van der Waals surface area (Å²) in [4.78, 5) is 10.2. The maximum absolute atomic E-state index is 5.37. The van der Waals surface area contributed by atoms with Crippen LogP contribution in [0.1, 0.15) is 68.8 Å². The first kappa shape index (κ1) is 17.1. The van der Waals surface area contributed by atoms with Crippen molar-refractivity contribution >= 4 is 21.5 Å². The fraction of sp³-hybridized carbons (Fsp3) is 0.333. The molecule has 0 saturated heterocycles. The second-order valence-electron chi connectivity index (χ2n) is 9.32. The molecule has 1 saturated carbocycles. The van der Waals surface area contributed by atoms with Crippen LogP contribution in [0, 0.1) is 0 Å². The Morgan fingerprint density at radius 2 is 1.72 bits per heavy atom. The maximum Gasteiger partial charge on any atom is 0.0802 e. The van der Waals surface area contributed by atoms with Gasteiger partial charge in [-0.1, -0.05) is 69.5 Å². The first-order valence-electron chi connectivity index (χ1n) is 11.0. The molecule has 0 bridgehead atoms. The van der Waals surface area contributed by atoms with Crippen molar-refractivity contribution in [3.63, 3.8) is 0 Å². The number of fused-ring (bicyclic) bond motifs is 4. The van der Waals surface area contributed by atoms with Crippen LogP contribution in [0.15, 0.2) is 54.7 Å². The summed E-state index contributed by atoms with van der Waals surface area (Å²) in [6.07, 6.45) is 8.56. The number of pyridine rings is 2. The molecule has 2 aromatic carbocycles. The van der Waals surface area contributed by atoms with E-state index >= 15 is 0 Å². The van der Waals surface area contributed by atoms with E-state index in [1.165, 1.54) is 76.2 Å². The molecule has 2 heterocycles. The molecule has 0 unspecified atom stereocenters. The highest BCUT2D eigenvalue weighted by molar-refractivity contribution is 6.05. The highest BCUT2D eigenvalue weighted by Crippen LogP contribution is 2.50. The number of nitrogens with zero attached hydrogens (tertiary/aromatic N) is 2. The molecule has 0 N–H and O–H groups in total. The van der Waals surface area contributed by atoms with Gasteiger partial charge in [-0.3, -0.25) is 9.97 Å². The SMILES string of the molecule is CC1(C)c2c(ccc3ccccc23)-c2nccc3cc(C4CCCCC4)nc1c23. The second kappa shape index (κ2) is 6.13. The first-order valence-corrected chi connectivity index (χ1v) is 11.0. The molecule has 0 atom stereocenters. The Morgan fingerprint density at radius 1 is 0.897 bits per heavy atom. The summed E-state index contributed by atoms with van der Waals surface area (Å²) in [7, 11) is 0. The number of hydrogen-bond acceptors (Lipinski definition) is 2. The van der Waals surface area contributed by atoms with Crippen LogP contribution < -0.4 is 0 Å². The smallest absolute Gasteiger partial charge is 0.0802 e. The molecule has 144 valence electrons. The molecule has 2 aliphatic rings. The summed E-state index contributed by atoms with van der Waals surface area (Å²) >= 11 is 0. The van der Waals surface area contributed by atoms with Gasteiger partial charge in [0.25, 0.3) is 0 Å². The van der Waals surface area contributed by atoms with E-state index in [0.717, 1.165) is 5.69 Å². The molecule has 2 aliphatic carbocycles. The van der Waals surface area contributed by atoms with E-state index in [2.05, 4.69) is 62.4 Å². The van der Waals surface area contributed by atoms with Gasteiger partial charge in [0.2, 0.25) is 0 Å². The first-order chi connectivity index (χ1) is 14.1. The largest absolute Gasteiger partial charge is 0.256 e. The minimum Gasteiger partial charge on any atom is -0.256 e. The van der Waals surface area contributed by atoms with Gasteiger partial charge in [0.05, 0.1) is 11.4 Å². The van der Waals surface area contributed by atoms with E-state index in [4.69, 9.17) is 9.97 Å². The van der Waals surface area contributed by atoms with Gasteiger partial charge in [-0.15, -0.1) is 0 Å². The van der Waals surface area contributed by atoms with Gasteiger partial charge in [0, 0.05) is 34.2 Å². The van der Waals surface area contributed by atoms with Crippen LogP contribution in [-0.2, 0) is 5.41 Å². The molecule has 6 rings (SSSR count). The highest BCUT2D eigenvalue weighted by atomic mass is 14.8. The van der Waals surface area contributed by atoms with Crippen molar-refractivity contribution in [1.29, 1.82) is 0 Å². The lowest BCUT2D eigenvalue weighted by molar-refractivity contribution is 0.435. The van der Waals surface area contributed by atoms with E-state index in [9.17, 15) is 0 Å².